The van der Waals surface area contributed by atoms with Gasteiger partial charge in [-0.25, -0.2) is 0 Å². The van der Waals surface area contributed by atoms with Crippen LogP contribution in [0.5, 0.6) is 0 Å². The third-order valence-corrected chi connectivity index (χ3v) is 5.87. The van der Waals surface area contributed by atoms with E-state index < -0.39 is 0 Å². The topological polar surface area (TPSA) is 77.0 Å². The van der Waals surface area contributed by atoms with Crippen LogP contribution in [0.25, 0.3) is 0 Å². The lowest BCUT2D eigenvalue weighted by Gasteiger charge is -2.26. The normalized spacial score (nSPS) is 13.3. The second kappa shape index (κ2) is 13.8. The second-order valence-corrected chi connectivity index (χ2v) is 7.69. The molecule has 0 aromatic carbocycles. The fraction of sp³-hybridized carbons (Fsp3) is 0.650. The summed E-state index contributed by atoms with van der Waals surface area (Å²) in [5.74, 6) is 0.941. The van der Waals surface area contributed by atoms with Gasteiger partial charge in [0.15, 0.2) is 5.96 Å². The van der Waals surface area contributed by atoms with Crippen LogP contribution in [0.15, 0.2) is 16.4 Å². The van der Waals surface area contributed by atoms with Crippen LogP contribution in [-0.4, -0.2) is 66.8 Å². The highest BCUT2D eigenvalue weighted by atomic mass is 127. The van der Waals surface area contributed by atoms with Crippen molar-refractivity contribution < 1.29 is 9.59 Å². The first-order chi connectivity index (χ1) is 13.6. The Morgan fingerprint density at radius 2 is 1.97 bits per heavy atom. The van der Waals surface area contributed by atoms with Crippen LogP contribution in [-0.2, 0) is 22.6 Å². The van der Waals surface area contributed by atoms with Crippen molar-refractivity contribution in [2.45, 2.75) is 46.6 Å². The van der Waals surface area contributed by atoms with E-state index >= 15 is 0 Å². The number of aliphatic imine (C=N–C) groups is 1. The minimum Gasteiger partial charge on any atom is -0.357 e. The van der Waals surface area contributed by atoms with Crippen LogP contribution >= 0.6 is 35.3 Å². The van der Waals surface area contributed by atoms with E-state index in [1.165, 1.54) is 10.4 Å². The molecule has 2 amide bonds. The van der Waals surface area contributed by atoms with E-state index in [1.807, 2.05) is 30.6 Å². The summed E-state index contributed by atoms with van der Waals surface area (Å²) in [6.07, 6.45) is 1.78. The molecule has 0 fully saturated rings. The highest BCUT2D eigenvalue weighted by Gasteiger charge is 2.20. The average Bonchev–Trinajstić information content (AvgIpc) is 3.16. The maximum Gasteiger partial charge on any atom is 0.224 e. The lowest BCUT2D eigenvalue weighted by molar-refractivity contribution is -0.132. The maximum absolute atomic E-state index is 12.5. The predicted molar refractivity (Wildman–Crippen MR) is 130 cm³/mol. The zero-order valence-corrected chi connectivity index (χ0v) is 20.8. The highest BCUT2D eigenvalue weighted by molar-refractivity contribution is 14.0. The van der Waals surface area contributed by atoms with Crippen molar-refractivity contribution in [3.05, 3.63) is 21.9 Å². The van der Waals surface area contributed by atoms with E-state index in [0.717, 1.165) is 32.6 Å². The smallest absolute Gasteiger partial charge is 0.224 e. The first-order valence-corrected chi connectivity index (χ1v) is 11.1. The lowest BCUT2D eigenvalue weighted by atomic mass is 10.1. The van der Waals surface area contributed by atoms with Gasteiger partial charge in [0.05, 0.1) is 6.54 Å². The molecule has 0 bridgehead atoms. The van der Waals surface area contributed by atoms with Crippen LogP contribution in [0, 0.1) is 0 Å². The number of guanidine groups is 1. The van der Waals surface area contributed by atoms with Crippen LogP contribution in [0.2, 0.25) is 0 Å². The number of fused-ring (bicyclic) bond motifs is 1. The average molecular weight is 535 g/mol. The van der Waals surface area contributed by atoms with Gasteiger partial charge in [0, 0.05) is 57.0 Å². The van der Waals surface area contributed by atoms with Crippen molar-refractivity contribution in [3.63, 3.8) is 0 Å². The number of thiophene rings is 1. The zero-order chi connectivity index (χ0) is 20.4. The third kappa shape index (κ3) is 8.12. The standard InChI is InChI=1S/C20H33N5O2S.HI/c1-4-21-20(22-11-7-18(26)24(5-2)6-3)23-12-8-19(27)25-13-9-17-16(15-25)10-14-28-17;/h10,14H,4-9,11-13,15H2,1-3H3,(H2,21,22,23);1H. The first kappa shape index (κ1) is 25.7. The van der Waals surface area contributed by atoms with E-state index in [0.29, 0.717) is 38.4 Å². The van der Waals surface area contributed by atoms with E-state index in [-0.39, 0.29) is 35.8 Å². The molecule has 2 heterocycles. The minimum absolute atomic E-state index is 0. The Morgan fingerprint density at radius 1 is 1.21 bits per heavy atom. The van der Waals surface area contributed by atoms with Gasteiger partial charge in [-0.3, -0.25) is 14.6 Å². The predicted octanol–water partition coefficient (Wildman–Crippen LogP) is 2.45. The Balaban J connectivity index is 0.00000420. The lowest BCUT2D eigenvalue weighted by Crippen LogP contribution is -2.40. The molecule has 164 valence electrons. The number of hydrogen-bond donors (Lipinski definition) is 2. The Bertz CT molecular complexity index is 676. The van der Waals surface area contributed by atoms with Crippen LogP contribution in [0.1, 0.15) is 44.1 Å². The molecule has 9 heteroatoms. The van der Waals surface area contributed by atoms with Crippen molar-refractivity contribution in [2.75, 3.05) is 39.3 Å². The number of halogens is 1. The molecule has 0 aliphatic carbocycles. The molecule has 0 radical (unpaired) electrons. The second-order valence-electron chi connectivity index (χ2n) is 6.69. The summed E-state index contributed by atoms with van der Waals surface area (Å²) in [6.45, 7) is 10.6. The van der Waals surface area contributed by atoms with Gasteiger partial charge in [-0.05, 0) is 44.2 Å². The Kier molecular flexibility index (Phi) is 12.2. The van der Waals surface area contributed by atoms with E-state index in [4.69, 9.17) is 0 Å². The van der Waals surface area contributed by atoms with Crippen LogP contribution < -0.4 is 10.6 Å². The molecule has 0 spiro atoms. The molecule has 1 aliphatic rings. The Hall–Kier alpha value is -1.36. The van der Waals surface area contributed by atoms with Crippen molar-refractivity contribution in [1.29, 1.82) is 0 Å². The molecule has 0 saturated heterocycles. The Labute approximate surface area is 195 Å². The van der Waals surface area contributed by atoms with Gasteiger partial charge in [0.25, 0.3) is 0 Å². The molecule has 0 saturated carbocycles. The van der Waals surface area contributed by atoms with Gasteiger partial charge < -0.3 is 20.4 Å². The summed E-state index contributed by atoms with van der Waals surface area (Å²) in [6, 6.07) is 2.12. The fourth-order valence-electron chi connectivity index (χ4n) is 3.25. The number of carbonyl (C=O) groups is 2. The van der Waals surface area contributed by atoms with Crippen molar-refractivity contribution >= 4 is 53.1 Å². The minimum atomic E-state index is 0. The van der Waals surface area contributed by atoms with Gasteiger partial charge in [-0.1, -0.05) is 0 Å². The molecule has 1 aliphatic heterocycles. The summed E-state index contributed by atoms with van der Waals surface area (Å²) in [7, 11) is 0. The van der Waals surface area contributed by atoms with Crippen molar-refractivity contribution in [1.82, 2.24) is 20.4 Å². The number of rotatable bonds is 9. The number of nitrogens with one attached hydrogen (secondary N) is 2. The number of hydrogen-bond acceptors (Lipinski definition) is 4. The largest absolute Gasteiger partial charge is 0.357 e. The van der Waals surface area contributed by atoms with Crippen LogP contribution in [0.4, 0.5) is 0 Å². The summed E-state index contributed by atoms with van der Waals surface area (Å²) < 4.78 is 0. The van der Waals surface area contributed by atoms with E-state index in [2.05, 4.69) is 27.1 Å². The number of carbonyl (C=O) groups excluding carboxylic acids is 2. The van der Waals surface area contributed by atoms with Gasteiger partial charge in [0.2, 0.25) is 11.8 Å². The summed E-state index contributed by atoms with van der Waals surface area (Å²) in [5.41, 5.74) is 1.28. The summed E-state index contributed by atoms with van der Waals surface area (Å²) >= 11 is 1.78. The monoisotopic (exact) mass is 535 g/mol. The number of amides is 2. The maximum atomic E-state index is 12.5. The van der Waals surface area contributed by atoms with Crippen molar-refractivity contribution in [2.24, 2.45) is 4.99 Å². The molecule has 1 aromatic rings. The third-order valence-electron chi connectivity index (χ3n) is 4.85. The molecule has 0 atom stereocenters. The zero-order valence-electron chi connectivity index (χ0n) is 17.7. The first-order valence-electron chi connectivity index (χ1n) is 10.2. The van der Waals surface area contributed by atoms with Crippen LogP contribution in [0.3, 0.4) is 0 Å². The molecule has 2 N–H and O–H groups in total. The molecular weight excluding hydrogens is 501 g/mol. The quantitative estimate of drug-likeness (QED) is 0.290. The molecule has 7 nitrogen and oxygen atoms in total. The van der Waals surface area contributed by atoms with Crippen molar-refractivity contribution in [3.8, 4) is 0 Å². The van der Waals surface area contributed by atoms with E-state index in [1.54, 1.807) is 11.3 Å². The van der Waals surface area contributed by atoms with Gasteiger partial charge in [0.1, 0.15) is 0 Å². The molecule has 2 rings (SSSR count). The SMILES string of the molecule is CCNC(=NCCC(=O)N1CCc2sccc2C1)NCCC(=O)N(CC)CC.I. The highest BCUT2D eigenvalue weighted by Crippen LogP contribution is 2.24. The fourth-order valence-corrected chi connectivity index (χ4v) is 4.14. The molecule has 1 aromatic heterocycles. The summed E-state index contributed by atoms with van der Waals surface area (Å²) in [5, 5.41) is 8.45. The van der Waals surface area contributed by atoms with Gasteiger partial charge >= 0.3 is 0 Å². The molecule has 0 unspecified atom stereocenters. The van der Waals surface area contributed by atoms with E-state index in [9.17, 15) is 9.59 Å². The summed E-state index contributed by atoms with van der Waals surface area (Å²) in [4.78, 5) is 34.2. The molecule has 29 heavy (non-hydrogen) atoms. The Morgan fingerprint density at radius 3 is 2.66 bits per heavy atom. The van der Waals surface area contributed by atoms with Gasteiger partial charge in [-0.15, -0.1) is 35.3 Å². The van der Waals surface area contributed by atoms with Gasteiger partial charge in [-0.2, -0.15) is 0 Å². The molecular formula is C20H34IN5O2S. The number of nitrogens with zero attached hydrogens (tertiary/aromatic N) is 3.